The standard InChI is InChI=1S/C18H24N4O2/c1-13-16(14(2)24-21-13)8-9-18(23)20-15-6-5-11-22(12-15)17-7-3-4-10-19-17/h3-4,7,10,15H,5-6,8-9,11-12H2,1-2H3,(H,20,23)/t15-/m1/s1. The van der Waals surface area contributed by atoms with Crippen molar-refractivity contribution in [1.29, 1.82) is 0 Å². The lowest BCUT2D eigenvalue weighted by Gasteiger charge is -2.34. The second kappa shape index (κ2) is 7.47. The zero-order valence-electron chi connectivity index (χ0n) is 14.3. The quantitative estimate of drug-likeness (QED) is 0.912. The maximum Gasteiger partial charge on any atom is 0.220 e. The van der Waals surface area contributed by atoms with Crippen LogP contribution in [0.25, 0.3) is 0 Å². The zero-order chi connectivity index (χ0) is 16.9. The summed E-state index contributed by atoms with van der Waals surface area (Å²) in [6.45, 7) is 5.60. The van der Waals surface area contributed by atoms with Gasteiger partial charge in [-0.05, 0) is 45.2 Å². The Hall–Kier alpha value is -2.37. The molecular formula is C18H24N4O2. The number of nitrogens with one attached hydrogen (secondary N) is 1. The number of aromatic nitrogens is 2. The van der Waals surface area contributed by atoms with Gasteiger partial charge in [0, 0.05) is 37.3 Å². The largest absolute Gasteiger partial charge is 0.361 e. The van der Waals surface area contributed by atoms with Crippen LogP contribution >= 0.6 is 0 Å². The maximum atomic E-state index is 12.3. The van der Waals surface area contributed by atoms with E-state index in [0.717, 1.165) is 48.8 Å². The molecule has 1 aliphatic rings. The predicted molar refractivity (Wildman–Crippen MR) is 91.9 cm³/mol. The van der Waals surface area contributed by atoms with Crippen LogP contribution < -0.4 is 10.2 Å². The summed E-state index contributed by atoms with van der Waals surface area (Å²) in [6.07, 6.45) is 5.01. The fraction of sp³-hybridized carbons (Fsp3) is 0.500. The Balaban J connectivity index is 1.51. The average Bonchev–Trinajstić information content (AvgIpc) is 2.92. The number of anilines is 1. The first-order valence-corrected chi connectivity index (χ1v) is 8.50. The topological polar surface area (TPSA) is 71.3 Å². The summed E-state index contributed by atoms with van der Waals surface area (Å²) in [7, 11) is 0. The van der Waals surface area contributed by atoms with Crippen LogP contribution in [0.1, 0.15) is 36.3 Å². The molecule has 1 atom stereocenters. The number of pyridine rings is 1. The van der Waals surface area contributed by atoms with E-state index in [0.29, 0.717) is 12.8 Å². The Labute approximate surface area is 142 Å². The summed E-state index contributed by atoms with van der Waals surface area (Å²) >= 11 is 0. The van der Waals surface area contributed by atoms with Gasteiger partial charge in [-0.15, -0.1) is 0 Å². The van der Waals surface area contributed by atoms with Crippen molar-refractivity contribution in [2.45, 2.75) is 45.6 Å². The minimum Gasteiger partial charge on any atom is -0.361 e. The van der Waals surface area contributed by atoms with Crippen LogP contribution in [-0.4, -0.2) is 35.2 Å². The highest BCUT2D eigenvalue weighted by Crippen LogP contribution is 2.18. The fourth-order valence-corrected chi connectivity index (χ4v) is 3.24. The van der Waals surface area contributed by atoms with Gasteiger partial charge >= 0.3 is 0 Å². The number of carbonyl (C=O) groups is 1. The molecule has 2 aromatic rings. The van der Waals surface area contributed by atoms with E-state index in [2.05, 4.69) is 20.4 Å². The second-order valence-corrected chi connectivity index (χ2v) is 6.34. The molecule has 3 rings (SSSR count). The number of hydrogen-bond acceptors (Lipinski definition) is 5. The summed E-state index contributed by atoms with van der Waals surface area (Å²) in [6, 6.07) is 6.11. The van der Waals surface area contributed by atoms with E-state index >= 15 is 0 Å². The lowest BCUT2D eigenvalue weighted by Crippen LogP contribution is -2.48. The smallest absolute Gasteiger partial charge is 0.220 e. The molecule has 24 heavy (non-hydrogen) atoms. The summed E-state index contributed by atoms with van der Waals surface area (Å²) in [5.74, 6) is 1.87. The van der Waals surface area contributed by atoms with E-state index in [9.17, 15) is 4.79 Å². The molecule has 1 amide bonds. The molecule has 6 heteroatoms. The highest BCUT2D eigenvalue weighted by atomic mass is 16.5. The van der Waals surface area contributed by atoms with Crippen molar-refractivity contribution in [2.24, 2.45) is 0 Å². The Morgan fingerprint density at radius 1 is 1.42 bits per heavy atom. The van der Waals surface area contributed by atoms with Crippen molar-refractivity contribution < 1.29 is 9.32 Å². The van der Waals surface area contributed by atoms with E-state index in [1.807, 2.05) is 32.0 Å². The van der Waals surface area contributed by atoms with Gasteiger partial charge in [0.1, 0.15) is 11.6 Å². The van der Waals surface area contributed by atoms with E-state index in [-0.39, 0.29) is 11.9 Å². The van der Waals surface area contributed by atoms with Crippen LogP contribution in [0.5, 0.6) is 0 Å². The molecule has 1 fully saturated rings. The second-order valence-electron chi connectivity index (χ2n) is 6.34. The SMILES string of the molecule is Cc1noc(C)c1CCC(=O)N[C@@H]1CCCN(c2ccccn2)C1. The van der Waals surface area contributed by atoms with E-state index in [1.165, 1.54) is 0 Å². The fourth-order valence-electron chi connectivity index (χ4n) is 3.24. The van der Waals surface area contributed by atoms with Crippen LogP contribution in [0.4, 0.5) is 5.82 Å². The van der Waals surface area contributed by atoms with E-state index in [1.54, 1.807) is 6.20 Å². The van der Waals surface area contributed by atoms with Crippen molar-refractivity contribution in [2.75, 3.05) is 18.0 Å². The minimum atomic E-state index is 0.0860. The molecule has 1 aliphatic heterocycles. The first-order valence-electron chi connectivity index (χ1n) is 8.50. The average molecular weight is 328 g/mol. The summed E-state index contributed by atoms with van der Waals surface area (Å²) < 4.78 is 5.15. The highest BCUT2D eigenvalue weighted by Gasteiger charge is 2.22. The molecule has 1 N–H and O–H groups in total. The lowest BCUT2D eigenvalue weighted by atomic mass is 10.0. The molecule has 0 unspecified atom stereocenters. The molecule has 6 nitrogen and oxygen atoms in total. The van der Waals surface area contributed by atoms with Crippen molar-refractivity contribution >= 4 is 11.7 Å². The van der Waals surface area contributed by atoms with Gasteiger partial charge < -0.3 is 14.7 Å². The van der Waals surface area contributed by atoms with Gasteiger partial charge in [0.15, 0.2) is 0 Å². The van der Waals surface area contributed by atoms with E-state index < -0.39 is 0 Å². The maximum absolute atomic E-state index is 12.3. The molecule has 0 aliphatic carbocycles. The third-order valence-corrected chi connectivity index (χ3v) is 4.54. The summed E-state index contributed by atoms with van der Waals surface area (Å²) in [5.41, 5.74) is 1.92. The molecule has 0 radical (unpaired) electrons. The van der Waals surface area contributed by atoms with Crippen molar-refractivity contribution in [3.8, 4) is 0 Å². The summed E-state index contributed by atoms with van der Waals surface area (Å²) in [5, 5.41) is 7.09. The Bertz CT molecular complexity index is 664. The molecule has 1 saturated heterocycles. The third kappa shape index (κ3) is 3.93. The number of carbonyl (C=O) groups excluding carboxylic acids is 1. The molecule has 0 spiro atoms. The van der Waals surface area contributed by atoms with Crippen LogP contribution in [0.3, 0.4) is 0 Å². The van der Waals surface area contributed by atoms with Crippen molar-refractivity contribution in [1.82, 2.24) is 15.5 Å². The van der Waals surface area contributed by atoms with Gasteiger partial charge in [-0.25, -0.2) is 4.98 Å². The van der Waals surface area contributed by atoms with Gasteiger partial charge in [-0.2, -0.15) is 0 Å². The van der Waals surface area contributed by atoms with Crippen LogP contribution in [0, 0.1) is 13.8 Å². The molecule has 2 aromatic heterocycles. The third-order valence-electron chi connectivity index (χ3n) is 4.54. The van der Waals surface area contributed by atoms with Crippen LogP contribution in [0.2, 0.25) is 0 Å². The van der Waals surface area contributed by atoms with Gasteiger partial charge in [0.2, 0.25) is 5.91 Å². The van der Waals surface area contributed by atoms with Crippen LogP contribution in [-0.2, 0) is 11.2 Å². The van der Waals surface area contributed by atoms with Gasteiger partial charge in [-0.1, -0.05) is 11.2 Å². The molecule has 3 heterocycles. The molecule has 0 saturated carbocycles. The van der Waals surface area contributed by atoms with Crippen LogP contribution in [0.15, 0.2) is 28.9 Å². The number of hydrogen-bond donors (Lipinski definition) is 1. The lowest BCUT2D eigenvalue weighted by molar-refractivity contribution is -0.121. The molecule has 0 bridgehead atoms. The zero-order valence-corrected chi connectivity index (χ0v) is 14.3. The first-order chi connectivity index (χ1) is 11.6. The monoisotopic (exact) mass is 328 g/mol. The number of piperidine rings is 1. The number of aryl methyl sites for hydroxylation is 2. The first kappa shape index (κ1) is 16.5. The van der Waals surface area contributed by atoms with E-state index in [4.69, 9.17) is 4.52 Å². The normalized spacial score (nSPS) is 17.8. The Morgan fingerprint density at radius 2 is 2.29 bits per heavy atom. The molecule has 0 aromatic carbocycles. The Kier molecular flexibility index (Phi) is 5.13. The van der Waals surface area contributed by atoms with Crippen molar-refractivity contribution in [3.05, 3.63) is 41.4 Å². The Morgan fingerprint density at radius 3 is 3.00 bits per heavy atom. The number of rotatable bonds is 5. The molecule has 128 valence electrons. The predicted octanol–water partition coefficient (Wildman–Crippen LogP) is 2.40. The number of amides is 1. The van der Waals surface area contributed by atoms with Crippen molar-refractivity contribution in [3.63, 3.8) is 0 Å². The molecular weight excluding hydrogens is 304 g/mol. The summed E-state index contributed by atoms with van der Waals surface area (Å²) in [4.78, 5) is 18.9. The highest BCUT2D eigenvalue weighted by molar-refractivity contribution is 5.76. The minimum absolute atomic E-state index is 0.0860. The van der Waals surface area contributed by atoms with Gasteiger partial charge in [-0.3, -0.25) is 4.79 Å². The van der Waals surface area contributed by atoms with Gasteiger partial charge in [0.05, 0.1) is 5.69 Å². The number of nitrogens with zero attached hydrogens (tertiary/aromatic N) is 3. The van der Waals surface area contributed by atoms with Gasteiger partial charge in [0.25, 0.3) is 0 Å².